The van der Waals surface area contributed by atoms with Crippen LogP contribution in [0.25, 0.3) is 10.9 Å². The molecule has 0 radical (unpaired) electrons. The van der Waals surface area contributed by atoms with Gasteiger partial charge in [-0.05, 0) is 24.1 Å². The summed E-state index contributed by atoms with van der Waals surface area (Å²) >= 11 is 0. The topological polar surface area (TPSA) is 117 Å². The molecule has 1 N–H and O–H groups in total. The van der Waals surface area contributed by atoms with Gasteiger partial charge in [-0.1, -0.05) is 54.6 Å². The molecule has 0 bridgehead atoms. The number of carboxylic acid groups (broad SMARTS) is 1. The molecule has 1 heterocycles. The van der Waals surface area contributed by atoms with Crippen LogP contribution in [0.15, 0.2) is 59.4 Å². The number of carbonyl (C=O) groups excluding carboxylic acids is 2. The van der Waals surface area contributed by atoms with E-state index in [0.717, 1.165) is 4.68 Å². The van der Waals surface area contributed by atoms with Crippen LogP contribution < -0.4 is 16.0 Å². The molecule has 0 spiro atoms. The summed E-state index contributed by atoms with van der Waals surface area (Å²) in [5.74, 6) is -2.07. The standard InChI is InChI=1S/C19H18N4O4/c1-2-14(19(26)27)20-17(24)16(12-8-4-3-5-9-12)23-18(25)13-10-6-7-11-15(13)21-22-23/h3-11,14,16H,2H2,1H3,(H,20,24)(H,26,27)/p-1/t14-,16-/m0/s1. The Morgan fingerprint density at radius 2 is 1.78 bits per heavy atom. The lowest BCUT2D eigenvalue weighted by atomic mass is 10.1. The lowest BCUT2D eigenvalue weighted by Gasteiger charge is -2.23. The predicted octanol–water partition coefficient (Wildman–Crippen LogP) is 0.0256. The molecule has 8 heteroatoms. The molecule has 3 rings (SSSR count). The van der Waals surface area contributed by atoms with Crippen LogP contribution in [0.4, 0.5) is 0 Å². The van der Waals surface area contributed by atoms with E-state index in [1.54, 1.807) is 61.5 Å². The van der Waals surface area contributed by atoms with E-state index < -0.39 is 29.5 Å². The van der Waals surface area contributed by atoms with Crippen molar-refractivity contribution in [2.45, 2.75) is 25.4 Å². The maximum absolute atomic E-state index is 12.9. The molecule has 0 fully saturated rings. The summed E-state index contributed by atoms with van der Waals surface area (Å²) in [6.45, 7) is 1.61. The normalized spacial score (nSPS) is 13.1. The van der Waals surface area contributed by atoms with Crippen LogP contribution in [0.2, 0.25) is 0 Å². The van der Waals surface area contributed by atoms with Crippen molar-refractivity contribution in [3.05, 3.63) is 70.5 Å². The van der Waals surface area contributed by atoms with E-state index in [9.17, 15) is 19.5 Å². The smallest absolute Gasteiger partial charge is 0.278 e. The number of carbonyl (C=O) groups is 2. The third kappa shape index (κ3) is 3.69. The Kier molecular flexibility index (Phi) is 5.25. The number of rotatable bonds is 6. The van der Waals surface area contributed by atoms with Gasteiger partial charge in [0.1, 0.15) is 5.52 Å². The highest BCUT2D eigenvalue weighted by Gasteiger charge is 2.27. The summed E-state index contributed by atoms with van der Waals surface area (Å²) in [5.41, 5.74) is 0.396. The van der Waals surface area contributed by atoms with E-state index in [1.807, 2.05) is 0 Å². The molecule has 0 aliphatic heterocycles. The van der Waals surface area contributed by atoms with Crippen molar-refractivity contribution in [3.8, 4) is 0 Å². The second kappa shape index (κ2) is 7.77. The van der Waals surface area contributed by atoms with Gasteiger partial charge in [0, 0.05) is 0 Å². The van der Waals surface area contributed by atoms with E-state index in [0.29, 0.717) is 16.5 Å². The van der Waals surface area contributed by atoms with E-state index in [1.165, 1.54) is 0 Å². The molecule has 3 aromatic rings. The number of hydrogen-bond donors (Lipinski definition) is 1. The summed E-state index contributed by atoms with van der Waals surface area (Å²) in [4.78, 5) is 36.9. The minimum atomic E-state index is -1.39. The molecule has 0 saturated carbocycles. The van der Waals surface area contributed by atoms with Crippen molar-refractivity contribution >= 4 is 22.8 Å². The molecule has 2 atom stereocenters. The maximum atomic E-state index is 12.9. The van der Waals surface area contributed by atoms with Crippen LogP contribution >= 0.6 is 0 Å². The van der Waals surface area contributed by atoms with Crippen LogP contribution in [-0.2, 0) is 9.59 Å². The first-order valence-electron chi connectivity index (χ1n) is 8.43. The average Bonchev–Trinajstić information content (AvgIpc) is 2.69. The van der Waals surface area contributed by atoms with Crippen LogP contribution in [0.1, 0.15) is 24.9 Å². The molecule has 0 aliphatic rings. The zero-order chi connectivity index (χ0) is 19.4. The Balaban J connectivity index is 2.11. The van der Waals surface area contributed by atoms with Gasteiger partial charge in [0.05, 0.1) is 17.4 Å². The van der Waals surface area contributed by atoms with Gasteiger partial charge in [-0.25, -0.2) is 0 Å². The van der Waals surface area contributed by atoms with Crippen molar-refractivity contribution in [1.29, 1.82) is 0 Å². The van der Waals surface area contributed by atoms with Crippen LogP contribution in [0.5, 0.6) is 0 Å². The van der Waals surface area contributed by atoms with Crippen LogP contribution in [0, 0.1) is 0 Å². The molecule has 27 heavy (non-hydrogen) atoms. The van der Waals surface area contributed by atoms with E-state index >= 15 is 0 Å². The molecule has 1 aromatic heterocycles. The van der Waals surface area contributed by atoms with Gasteiger partial charge in [0.25, 0.3) is 5.56 Å². The molecule has 0 saturated heterocycles. The van der Waals surface area contributed by atoms with Crippen LogP contribution in [0.3, 0.4) is 0 Å². The zero-order valence-corrected chi connectivity index (χ0v) is 14.5. The quantitative estimate of drug-likeness (QED) is 0.658. The predicted molar refractivity (Wildman–Crippen MR) is 95.6 cm³/mol. The van der Waals surface area contributed by atoms with Crippen molar-refractivity contribution < 1.29 is 14.7 Å². The van der Waals surface area contributed by atoms with Gasteiger partial charge in [0.2, 0.25) is 5.91 Å². The number of hydrogen-bond acceptors (Lipinski definition) is 6. The van der Waals surface area contributed by atoms with E-state index in [4.69, 9.17) is 0 Å². The Labute approximate surface area is 154 Å². The number of nitrogens with zero attached hydrogens (tertiary/aromatic N) is 3. The Hall–Kier alpha value is -3.55. The van der Waals surface area contributed by atoms with Crippen molar-refractivity contribution in [2.24, 2.45) is 0 Å². The van der Waals surface area contributed by atoms with Crippen LogP contribution in [-0.4, -0.2) is 32.9 Å². The fraction of sp³-hybridized carbons (Fsp3) is 0.211. The SMILES string of the molecule is CC[C@H](NC(=O)[C@H](c1ccccc1)n1nnc2ccccc2c1=O)C(=O)[O-]. The van der Waals surface area contributed by atoms with E-state index in [2.05, 4.69) is 15.6 Å². The minimum absolute atomic E-state index is 0.147. The van der Waals surface area contributed by atoms with Gasteiger partial charge >= 0.3 is 0 Å². The molecule has 2 aromatic carbocycles. The molecule has 138 valence electrons. The largest absolute Gasteiger partial charge is 0.548 e. The number of carboxylic acids is 1. The number of amides is 1. The van der Waals surface area contributed by atoms with Gasteiger partial charge in [0.15, 0.2) is 6.04 Å². The summed E-state index contributed by atoms with van der Waals surface area (Å²) in [6, 6.07) is 12.8. The highest BCUT2D eigenvalue weighted by atomic mass is 16.4. The fourth-order valence-corrected chi connectivity index (χ4v) is 2.79. The lowest BCUT2D eigenvalue weighted by Crippen LogP contribution is -2.50. The molecule has 8 nitrogen and oxygen atoms in total. The van der Waals surface area contributed by atoms with Gasteiger partial charge in [-0.2, -0.15) is 4.68 Å². The summed E-state index contributed by atoms with van der Waals surface area (Å²) in [5, 5.41) is 21.8. The Bertz CT molecular complexity index is 1030. The highest BCUT2D eigenvalue weighted by Crippen LogP contribution is 2.17. The first kappa shape index (κ1) is 18.2. The average molecular weight is 365 g/mol. The third-order valence-corrected chi connectivity index (χ3v) is 4.21. The zero-order valence-electron chi connectivity index (χ0n) is 14.5. The molecule has 0 aliphatic carbocycles. The minimum Gasteiger partial charge on any atom is -0.548 e. The number of benzene rings is 2. The van der Waals surface area contributed by atoms with Crippen molar-refractivity contribution in [2.75, 3.05) is 0 Å². The van der Waals surface area contributed by atoms with Gasteiger partial charge in [-0.15, -0.1) is 5.10 Å². The summed E-state index contributed by atoms with van der Waals surface area (Å²) in [7, 11) is 0. The van der Waals surface area contributed by atoms with Crippen molar-refractivity contribution in [3.63, 3.8) is 0 Å². The molecular formula is C19H17N4O4-. The third-order valence-electron chi connectivity index (χ3n) is 4.21. The van der Waals surface area contributed by atoms with Gasteiger partial charge in [-0.3, -0.25) is 9.59 Å². The number of fused-ring (bicyclic) bond motifs is 1. The van der Waals surface area contributed by atoms with Gasteiger partial charge < -0.3 is 15.2 Å². The summed E-state index contributed by atoms with van der Waals surface area (Å²) < 4.78 is 0.967. The fourth-order valence-electron chi connectivity index (χ4n) is 2.79. The van der Waals surface area contributed by atoms with Crippen molar-refractivity contribution in [1.82, 2.24) is 20.3 Å². The molecule has 1 amide bonds. The number of aliphatic carboxylic acids is 1. The summed E-state index contributed by atoms with van der Waals surface area (Å²) in [6.07, 6.45) is 0.147. The van der Waals surface area contributed by atoms with E-state index in [-0.39, 0.29) is 6.42 Å². The monoisotopic (exact) mass is 365 g/mol. The molecular weight excluding hydrogens is 348 g/mol. The molecule has 0 unspecified atom stereocenters. The first-order chi connectivity index (χ1) is 13.0. The highest BCUT2D eigenvalue weighted by molar-refractivity contribution is 5.88. The second-order valence-electron chi connectivity index (χ2n) is 5.96. The Morgan fingerprint density at radius 3 is 2.44 bits per heavy atom. The second-order valence-corrected chi connectivity index (χ2v) is 5.96. The number of nitrogens with one attached hydrogen (secondary N) is 1. The first-order valence-corrected chi connectivity index (χ1v) is 8.43. The maximum Gasteiger partial charge on any atom is 0.278 e. The lowest BCUT2D eigenvalue weighted by molar-refractivity contribution is -0.308. The number of aromatic nitrogens is 3. The Morgan fingerprint density at radius 1 is 1.11 bits per heavy atom.